The predicted octanol–water partition coefficient (Wildman–Crippen LogP) is 2.80. The second-order valence-electron chi connectivity index (χ2n) is 6.99. The van der Waals surface area contributed by atoms with E-state index in [1.165, 1.54) is 11.8 Å². The highest BCUT2D eigenvalue weighted by molar-refractivity contribution is 8.15. The first-order valence-corrected chi connectivity index (χ1v) is 10.8. The lowest BCUT2D eigenvalue weighted by Gasteiger charge is -2.26. The van der Waals surface area contributed by atoms with Crippen molar-refractivity contribution in [2.24, 2.45) is 10.3 Å². The minimum absolute atomic E-state index is 0.0176. The molecule has 1 aromatic carbocycles. The van der Waals surface area contributed by atoms with Gasteiger partial charge in [0.25, 0.3) is 15.9 Å². The molecule has 2 aliphatic rings. The van der Waals surface area contributed by atoms with Crippen LogP contribution < -0.4 is 4.90 Å². The number of benzene rings is 1. The van der Waals surface area contributed by atoms with Gasteiger partial charge in [-0.05, 0) is 49.2 Å². The molecule has 1 unspecified atom stereocenters. The first-order valence-electron chi connectivity index (χ1n) is 8.37. The number of fused-ring (bicyclic) bond motifs is 3. The second kappa shape index (κ2) is 6.64. The Bertz CT molecular complexity index is 834. The highest BCUT2D eigenvalue weighted by atomic mass is 32.2. The molecule has 6 nitrogen and oxygen atoms in total. The van der Waals surface area contributed by atoms with Crippen LogP contribution in [0.25, 0.3) is 0 Å². The zero-order chi connectivity index (χ0) is 18.4. The van der Waals surface area contributed by atoms with E-state index >= 15 is 0 Å². The summed E-state index contributed by atoms with van der Waals surface area (Å²) in [6.07, 6.45) is 0.949. The monoisotopic (exact) mass is 381 g/mol. The number of thioether (sulfide) groups is 1. The van der Waals surface area contributed by atoms with Gasteiger partial charge in [-0.2, -0.15) is 0 Å². The van der Waals surface area contributed by atoms with Crippen molar-refractivity contribution in [2.45, 2.75) is 38.1 Å². The third kappa shape index (κ3) is 3.69. The summed E-state index contributed by atoms with van der Waals surface area (Å²) in [4.78, 5) is 17.3. The van der Waals surface area contributed by atoms with Gasteiger partial charge in [0.15, 0.2) is 5.17 Å². The molecule has 0 spiro atoms. The molecule has 0 saturated carbocycles. The average Bonchev–Trinajstić information content (AvgIpc) is 2.87. The molecule has 25 heavy (non-hydrogen) atoms. The maximum atomic E-state index is 12.8. The maximum Gasteiger partial charge on any atom is 0.257 e. The number of hydrogen-bond acceptors (Lipinski definition) is 5. The Morgan fingerprint density at radius 2 is 2.08 bits per heavy atom. The van der Waals surface area contributed by atoms with Gasteiger partial charge in [0.05, 0.1) is 11.4 Å². The summed E-state index contributed by atoms with van der Waals surface area (Å²) in [7, 11) is -1.54. The van der Waals surface area contributed by atoms with E-state index in [0.717, 1.165) is 17.0 Å². The van der Waals surface area contributed by atoms with Crippen molar-refractivity contribution in [3.8, 4) is 0 Å². The third-order valence-corrected chi connectivity index (χ3v) is 6.82. The number of nitrogens with zero attached hydrogens (tertiary/aromatic N) is 3. The van der Waals surface area contributed by atoms with Crippen LogP contribution in [-0.4, -0.2) is 49.8 Å². The van der Waals surface area contributed by atoms with Crippen molar-refractivity contribution < 1.29 is 13.2 Å². The fraction of sp³-hybridized carbons (Fsp3) is 0.529. The van der Waals surface area contributed by atoms with Gasteiger partial charge < -0.3 is 9.80 Å². The molecular weight excluding hydrogens is 358 g/mol. The van der Waals surface area contributed by atoms with Crippen molar-refractivity contribution in [3.63, 3.8) is 0 Å². The molecule has 0 bridgehead atoms. The fourth-order valence-corrected chi connectivity index (χ4v) is 5.40. The lowest BCUT2D eigenvalue weighted by Crippen LogP contribution is -2.36. The summed E-state index contributed by atoms with van der Waals surface area (Å²) < 4.78 is 27.2. The average molecular weight is 382 g/mol. The van der Waals surface area contributed by atoms with Crippen LogP contribution in [0.1, 0.15) is 37.6 Å². The molecular formula is C17H23N3O3S2. The summed E-state index contributed by atoms with van der Waals surface area (Å²) >= 11 is 1.31. The maximum absolute atomic E-state index is 12.8. The van der Waals surface area contributed by atoms with E-state index in [0.29, 0.717) is 23.2 Å². The zero-order valence-corrected chi connectivity index (χ0v) is 16.5. The van der Waals surface area contributed by atoms with Crippen LogP contribution in [0.3, 0.4) is 0 Å². The van der Waals surface area contributed by atoms with Gasteiger partial charge in [-0.25, -0.2) is 8.42 Å². The minimum Gasteiger partial charge on any atom is -0.339 e. The van der Waals surface area contributed by atoms with Crippen LogP contribution in [0.5, 0.6) is 0 Å². The minimum atomic E-state index is -3.37. The van der Waals surface area contributed by atoms with E-state index < -0.39 is 10.0 Å². The van der Waals surface area contributed by atoms with Gasteiger partial charge in [0.2, 0.25) is 0 Å². The number of sulfonamides is 1. The molecule has 0 aliphatic carbocycles. The molecule has 0 N–H and O–H groups in total. The Morgan fingerprint density at radius 3 is 2.76 bits per heavy atom. The number of hydrogen-bond donors (Lipinski definition) is 0. The number of carbonyl (C=O) groups is 1. The molecule has 3 rings (SSSR count). The summed E-state index contributed by atoms with van der Waals surface area (Å²) in [5, 5.41) is 0.479. The summed E-state index contributed by atoms with van der Waals surface area (Å²) in [5.41, 5.74) is 1.54. The molecule has 1 aromatic rings. The van der Waals surface area contributed by atoms with Crippen LogP contribution in [-0.2, 0) is 10.0 Å². The van der Waals surface area contributed by atoms with Gasteiger partial charge in [-0.3, -0.25) is 4.79 Å². The molecule has 0 aromatic heterocycles. The largest absolute Gasteiger partial charge is 0.339 e. The van der Waals surface area contributed by atoms with Gasteiger partial charge in [-0.1, -0.05) is 13.8 Å². The highest BCUT2D eigenvalue weighted by Crippen LogP contribution is 2.42. The van der Waals surface area contributed by atoms with Gasteiger partial charge >= 0.3 is 0 Å². The Morgan fingerprint density at radius 1 is 1.36 bits per heavy atom. The first-order chi connectivity index (χ1) is 11.7. The summed E-state index contributed by atoms with van der Waals surface area (Å²) in [6, 6.07) is 5.70. The molecule has 0 fully saturated rings. The molecule has 0 radical (unpaired) electrons. The number of carbonyl (C=O) groups excluding carboxylic acids is 1. The van der Waals surface area contributed by atoms with Crippen molar-refractivity contribution in [1.29, 1.82) is 0 Å². The Labute approximate surface area is 153 Å². The lowest BCUT2D eigenvalue weighted by molar-refractivity contribution is 0.0728. The van der Waals surface area contributed by atoms with Crippen molar-refractivity contribution in [3.05, 3.63) is 23.8 Å². The van der Waals surface area contributed by atoms with Gasteiger partial charge in [0, 0.05) is 30.1 Å². The van der Waals surface area contributed by atoms with Crippen LogP contribution in [0.15, 0.2) is 27.5 Å². The quantitative estimate of drug-likeness (QED) is 0.802. The normalized spacial score (nSPS) is 19.2. The molecule has 1 atom stereocenters. The van der Waals surface area contributed by atoms with E-state index in [1.54, 1.807) is 4.90 Å². The second-order valence-corrected chi connectivity index (χ2v) is 9.75. The van der Waals surface area contributed by atoms with E-state index in [4.69, 9.17) is 0 Å². The van der Waals surface area contributed by atoms with Crippen molar-refractivity contribution in [1.82, 2.24) is 4.90 Å². The van der Waals surface area contributed by atoms with E-state index in [9.17, 15) is 13.2 Å². The SMILES string of the molecule is CC(C)CC(C)N(C)C(=O)c1ccc2c(c1)SC1=NS(=O)(=O)CCN12. The Balaban J connectivity index is 1.83. The zero-order valence-electron chi connectivity index (χ0n) is 14.9. The molecule has 8 heteroatoms. The number of amides is 1. The number of amidine groups is 1. The summed E-state index contributed by atoms with van der Waals surface area (Å²) in [6.45, 7) is 6.75. The standard InChI is InChI=1S/C17H23N3O3S2/c1-11(2)9-12(3)19(4)16(21)13-5-6-14-15(10-13)24-17-18-25(22,23)8-7-20(14)17/h5-6,10-12H,7-9H2,1-4H3. The first kappa shape index (κ1) is 18.3. The Kier molecular flexibility index (Phi) is 4.85. The van der Waals surface area contributed by atoms with Crippen molar-refractivity contribution in [2.75, 3.05) is 24.2 Å². The van der Waals surface area contributed by atoms with Gasteiger partial charge in [0.1, 0.15) is 0 Å². The molecule has 136 valence electrons. The predicted molar refractivity (Wildman–Crippen MR) is 102 cm³/mol. The fourth-order valence-electron chi connectivity index (χ4n) is 3.11. The number of rotatable bonds is 4. The highest BCUT2D eigenvalue weighted by Gasteiger charge is 2.33. The smallest absolute Gasteiger partial charge is 0.257 e. The van der Waals surface area contributed by atoms with Crippen LogP contribution in [0.4, 0.5) is 5.69 Å². The van der Waals surface area contributed by atoms with Crippen LogP contribution in [0.2, 0.25) is 0 Å². The topological polar surface area (TPSA) is 70.0 Å². The van der Waals surface area contributed by atoms with Crippen LogP contribution in [0, 0.1) is 5.92 Å². The third-order valence-electron chi connectivity index (χ3n) is 4.51. The van der Waals surface area contributed by atoms with Crippen molar-refractivity contribution >= 4 is 38.5 Å². The molecule has 2 aliphatic heterocycles. The molecule has 1 amide bonds. The number of anilines is 1. The van der Waals surface area contributed by atoms with E-state index in [-0.39, 0.29) is 17.7 Å². The Hall–Kier alpha value is -1.54. The van der Waals surface area contributed by atoms with E-state index in [2.05, 4.69) is 25.2 Å². The van der Waals surface area contributed by atoms with Crippen LogP contribution >= 0.6 is 11.8 Å². The molecule has 0 saturated heterocycles. The lowest BCUT2D eigenvalue weighted by atomic mass is 10.0. The van der Waals surface area contributed by atoms with E-state index in [1.807, 2.05) is 30.1 Å². The van der Waals surface area contributed by atoms with Gasteiger partial charge in [-0.15, -0.1) is 4.40 Å². The molecule has 2 heterocycles. The summed E-state index contributed by atoms with van der Waals surface area (Å²) in [5.74, 6) is 0.528.